The van der Waals surface area contributed by atoms with Gasteiger partial charge < -0.3 is 20.4 Å². The second-order valence-electron chi connectivity index (χ2n) is 4.22. The zero-order chi connectivity index (χ0) is 15.0. The first-order valence-electron chi connectivity index (χ1n) is 6.21. The monoisotopic (exact) mass is 279 g/mol. The zero-order valence-electron chi connectivity index (χ0n) is 12.0. The number of phenolic OH excluding ortho intramolecular Hbond substituents is 1. The number of aromatic nitrogens is 3. The lowest BCUT2D eigenvalue weighted by atomic mass is 10.1. The van der Waals surface area contributed by atoms with E-state index in [2.05, 4.69) is 20.5 Å². The summed E-state index contributed by atoms with van der Waals surface area (Å²) in [6, 6.07) is 7.19. The van der Waals surface area contributed by atoms with Crippen LogP contribution in [0.2, 0.25) is 0 Å². The molecule has 1 aromatic carbocycles. The van der Waals surface area contributed by atoms with E-state index in [-0.39, 0.29) is 5.75 Å². The van der Waals surface area contributed by atoms with Crippen molar-refractivity contribution in [2.75, 3.05) is 38.0 Å². The van der Waals surface area contributed by atoms with Crippen LogP contribution in [0.5, 0.6) is 5.75 Å². The van der Waals surface area contributed by atoms with Crippen molar-refractivity contribution in [3.05, 3.63) is 29.8 Å². The van der Waals surface area contributed by atoms with E-state index in [1.807, 2.05) is 31.1 Å². The number of hydrogen-bond acceptors (Lipinski definition) is 6. The summed E-state index contributed by atoms with van der Waals surface area (Å²) in [4.78, 5) is 6.10. The number of nitrogens with one attached hydrogen (secondary N) is 2. The molecule has 2 aromatic rings. The molecule has 0 atom stereocenters. The number of aromatic hydroxyl groups is 1. The highest BCUT2D eigenvalue weighted by Crippen LogP contribution is 2.10. The smallest absolute Gasteiger partial charge is 0.245 e. The Morgan fingerprint density at radius 2 is 1.85 bits per heavy atom. The van der Waals surface area contributed by atoms with Crippen molar-refractivity contribution in [1.29, 1.82) is 0 Å². The standard InChI is InChI=1S/C12H17N5O.CH4O/c1-17(2)12-14-11(15-16-12)13-8-7-9-3-5-10(18)6-4-9;1-2/h3-6,18H,7-8H2,1-2H3,(H2,13,14,15,16);2H,1H3. The molecular weight excluding hydrogens is 258 g/mol. The van der Waals surface area contributed by atoms with Crippen LogP contribution in [0.25, 0.3) is 0 Å². The molecule has 2 rings (SSSR count). The number of aliphatic hydroxyl groups excluding tert-OH is 1. The minimum Gasteiger partial charge on any atom is -0.508 e. The van der Waals surface area contributed by atoms with Crippen LogP contribution in [-0.4, -0.2) is 53.1 Å². The van der Waals surface area contributed by atoms with E-state index in [0.717, 1.165) is 25.6 Å². The maximum absolute atomic E-state index is 9.17. The Morgan fingerprint density at radius 1 is 1.20 bits per heavy atom. The summed E-state index contributed by atoms with van der Waals surface area (Å²) in [6.07, 6.45) is 0.859. The van der Waals surface area contributed by atoms with Gasteiger partial charge in [-0.1, -0.05) is 12.1 Å². The second kappa shape index (κ2) is 8.00. The minimum atomic E-state index is 0.289. The van der Waals surface area contributed by atoms with Crippen molar-refractivity contribution >= 4 is 11.9 Å². The van der Waals surface area contributed by atoms with Gasteiger partial charge in [0.1, 0.15) is 5.75 Å². The van der Waals surface area contributed by atoms with Gasteiger partial charge in [0.15, 0.2) is 0 Å². The number of nitrogens with zero attached hydrogens (tertiary/aromatic N) is 3. The van der Waals surface area contributed by atoms with E-state index in [1.165, 1.54) is 0 Å². The van der Waals surface area contributed by atoms with Gasteiger partial charge in [-0.2, -0.15) is 4.98 Å². The Kier molecular flexibility index (Phi) is 6.31. The molecular formula is C13H21N5O2. The Labute approximate surface area is 118 Å². The van der Waals surface area contributed by atoms with Gasteiger partial charge in [-0.05, 0) is 24.1 Å². The molecule has 0 saturated heterocycles. The molecule has 4 N–H and O–H groups in total. The number of anilines is 2. The number of H-pyrrole nitrogens is 1. The molecule has 0 spiro atoms. The number of aromatic amines is 1. The fraction of sp³-hybridized carbons (Fsp3) is 0.385. The van der Waals surface area contributed by atoms with E-state index < -0.39 is 0 Å². The van der Waals surface area contributed by atoms with Gasteiger partial charge in [-0.25, -0.2) is 5.10 Å². The molecule has 0 aliphatic carbocycles. The Morgan fingerprint density at radius 3 is 2.40 bits per heavy atom. The average Bonchev–Trinajstić information content (AvgIpc) is 2.92. The van der Waals surface area contributed by atoms with Crippen molar-refractivity contribution in [3.63, 3.8) is 0 Å². The molecule has 0 aliphatic rings. The van der Waals surface area contributed by atoms with Crippen molar-refractivity contribution in [2.24, 2.45) is 0 Å². The lowest BCUT2D eigenvalue weighted by Gasteiger charge is -2.04. The average molecular weight is 279 g/mol. The summed E-state index contributed by atoms with van der Waals surface area (Å²) < 4.78 is 0. The van der Waals surface area contributed by atoms with E-state index in [4.69, 9.17) is 5.11 Å². The minimum absolute atomic E-state index is 0.289. The van der Waals surface area contributed by atoms with Crippen LogP contribution in [-0.2, 0) is 6.42 Å². The number of rotatable bonds is 5. The molecule has 20 heavy (non-hydrogen) atoms. The molecule has 0 aliphatic heterocycles. The van der Waals surface area contributed by atoms with Crippen molar-refractivity contribution in [3.8, 4) is 5.75 Å². The third-order valence-electron chi connectivity index (χ3n) is 2.52. The summed E-state index contributed by atoms with van der Waals surface area (Å²) in [5, 5.41) is 26.2. The number of benzene rings is 1. The summed E-state index contributed by atoms with van der Waals surface area (Å²) in [6.45, 7) is 0.757. The van der Waals surface area contributed by atoms with E-state index in [0.29, 0.717) is 11.9 Å². The van der Waals surface area contributed by atoms with Gasteiger partial charge in [0.25, 0.3) is 0 Å². The van der Waals surface area contributed by atoms with Crippen LogP contribution in [0.15, 0.2) is 24.3 Å². The largest absolute Gasteiger partial charge is 0.508 e. The zero-order valence-corrected chi connectivity index (χ0v) is 12.0. The van der Waals surface area contributed by atoms with Crippen LogP contribution < -0.4 is 10.2 Å². The topological polar surface area (TPSA) is 97.3 Å². The van der Waals surface area contributed by atoms with E-state index in [9.17, 15) is 5.11 Å². The lowest BCUT2D eigenvalue weighted by Crippen LogP contribution is -2.10. The third-order valence-corrected chi connectivity index (χ3v) is 2.52. The van der Waals surface area contributed by atoms with Crippen molar-refractivity contribution < 1.29 is 10.2 Å². The molecule has 0 saturated carbocycles. The van der Waals surface area contributed by atoms with Crippen LogP contribution >= 0.6 is 0 Å². The van der Waals surface area contributed by atoms with Crippen LogP contribution in [0.3, 0.4) is 0 Å². The molecule has 0 bridgehead atoms. The van der Waals surface area contributed by atoms with Crippen LogP contribution in [0, 0.1) is 0 Å². The normalized spacial score (nSPS) is 9.60. The SMILES string of the molecule is CN(C)c1n[nH]c(NCCc2ccc(O)cc2)n1.CO. The Hall–Kier alpha value is -2.28. The molecule has 0 fully saturated rings. The van der Waals surface area contributed by atoms with Crippen LogP contribution in [0.1, 0.15) is 5.56 Å². The van der Waals surface area contributed by atoms with Gasteiger partial charge >= 0.3 is 0 Å². The quantitative estimate of drug-likeness (QED) is 0.647. The molecule has 0 unspecified atom stereocenters. The maximum Gasteiger partial charge on any atom is 0.245 e. The summed E-state index contributed by atoms with van der Waals surface area (Å²) in [7, 11) is 4.78. The van der Waals surface area contributed by atoms with E-state index >= 15 is 0 Å². The number of phenols is 1. The lowest BCUT2D eigenvalue weighted by molar-refractivity contribution is 0.399. The molecule has 7 nitrogen and oxygen atoms in total. The first-order valence-corrected chi connectivity index (χ1v) is 6.21. The van der Waals surface area contributed by atoms with Gasteiger partial charge in [-0.15, -0.1) is 5.10 Å². The molecule has 110 valence electrons. The summed E-state index contributed by atoms with van der Waals surface area (Å²) in [5.74, 6) is 1.61. The van der Waals surface area contributed by atoms with Crippen LogP contribution in [0.4, 0.5) is 11.9 Å². The molecule has 7 heteroatoms. The maximum atomic E-state index is 9.17. The van der Waals surface area contributed by atoms with Gasteiger partial charge in [-0.3, -0.25) is 0 Å². The molecule has 0 radical (unpaired) electrons. The molecule has 0 amide bonds. The predicted molar refractivity (Wildman–Crippen MR) is 79.2 cm³/mol. The summed E-state index contributed by atoms with van der Waals surface area (Å²) in [5.41, 5.74) is 1.16. The van der Waals surface area contributed by atoms with Crippen molar-refractivity contribution in [1.82, 2.24) is 15.2 Å². The van der Waals surface area contributed by atoms with Crippen molar-refractivity contribution in [2.45, 2.75) is 6.42 Å². The fourth-order valence-electron chi connectivity index (χ4n) is 1.52. The molecule has 1 heterocycles. The third kappa shape index (κ3) is 4.77. The van der Waals surface area contributed by atoms with E-state index in [1.54, 1.807) is 12.1 Å². The van der Waals surface area contributed by atoms with Gasteiger partial charge in [0.05, 0.1) is 0 Å². The van der Waals surface area contributed by atoms with Gasteiger partial charge in [0.2, 0.25) is 11.9 Å². The predicted octanol–water partition coefficient (Wildman–Crippen LogP) is 0.839. The first-order chi connectivity index (χ1) is 9.65. The number of hydrogen-bond donors (Lipinski definition) is 4. The molecule has 1 aromatic heterocycles. The summed E-state index contributed by atoms with van der Waals surface area (Å²) >= 11 is 0. The fourth-order valence-corrected chi connectivity index (χ4v) is 1.52. The van der Waals surface area contributed by atoms with Gasteiger partial charge in [0, 0.05) is 27.7 Å². The number of aliphatic hydroxyl groups is 1. The highest BCUT2D eigenvalue weighted by Gasteiger charge is 2.03. The highest BCUT2D eigenvalue weighted by molar-refractivity contribution is 5.35. The highest BCUT2D eigenvalue weighted by atomic mass is 16.3. The Balaban J connectivity index is 0.000000956. The Bertz CT molecular complexity index is 496. The second-order valence-corrected chi connectivity index (χ2v) is 4.22. The first kappa shape index (κ1) is 15.8.